The van der Waals surface area contributed by atoms with E-state index in [-0.39, 0.29) is 6.04 Å². The van der Waals surface area contributed by atoms with E-state index in [1.54, 1.807) is 20.4 Å². The van der Waals surface area contributed by atoms with E-state index in [1.807, 2.05) is 36.4 Å². The van der Waals surface area contributed by atoms with Crippen LogP contribution in [0.3, 0.4) is 0 Å². The van der Waals surface area contributed by atoms with E-state index in [2.05, 4.69) is 34.2 Å². The zero-order valence-electron chi connectivity index (χ0n) is 18.6. The van der Waals surface area contributed by atoms with Crippen molar-refractivity contribution >= 4 is 17.0 Å². The van der Waals surface area contributed by atoms with Crippen LogP contribution in [0.1, 0.15) is 30.1 Å². The maximum absolute atomic E-state index is 11.4. The van der Waals surface area contributed by atoms with Crippen LogP contribution in [-0.4, -0.2) is 48.3 Å². The van der Waals surface area contributed by atoms with E-state index in [9.17, 15) is 5.11 Å². The normalized spacial score (nSPS) is 25.8. The fourth-order valence-corrected chi connectivity index (χ4v) is 5.38. The van der Waals surface area contributed by atoms with Gasteiger partial charge in [0.15, 0.2) is 0 Å². The summed E-state index contributed by atoms with van der Waals surface area (Å²) in [5.74, 6) is 2.76. The number of ether oxygens (including phenoxy) is 2. The van der Waals surface area contributed by atoms with Crippen LogP contribution >= 0.6 is 0 Å². The van der Waals surface area contributed by atoms with E-state index in [1.165, 1.54) is 6.42 Å². The molecule has 0 saturated carbocycles. The molecule has 4 heterocycles. The number of benzene rings is 2. The molecule has 0 amide bonds. The lowest BCUT2D eigenvalue weighted by molar-refractivity contribution is -0.0444. The highest BCUT2D eigenvalue weighted by Crippen LogP contribution is 2.42. The third kappa shape index (κ3) is 3.98. The summed E-state index contributed by atoms with van der Waals surface area (Å²) in [6.07, 6.45) is 8.00. The number of hydrogen-bond acceptors (Lipinski definition) is 5. The molecule has 3 aliphatic rings. The fourth-order valence-electron chi connectivity index (χ4n) is 5.38. The van der Waals surface area contributed by atoms with Crippen LogP contribution in [0, 0.1) is 11.8 Å². The molecule has 0 aliphatic carbocycles. The second kappa shape index (κ2) is 8.93. The van der Waals surface area contributed by atoms with E-state index in [0.717, 1.165) is 53.0 Å². The van der Waals surface area contributed by atoms with Crippen LogP contribution in [0.15, 0.2) is 60.8 Å². The molecule has 0 spiro atoms. The third-order valence-corrected chi connectivity index (χ3v) is 7.15. The number of piperidine rings is 3. The molecule has 0 radical (unpaired) electrons. The van der Waals surface area contributed by atoms with Crippen LogP contribution in [0.5, 0.6) is 11.5 Å². The molecule has 4 unspecified atom stereocenters. The summed E-state index contributed by atoms with van der Waals surface area (Å²) in [6, 6.07) is 16.1. The van der Waals surface area contributed by atoms with Gasteiger partial charge in [-0.3, -0.25) is 9.88 Å². The van der Waals surface area contributed by atoms with Crippen molar-refractivity contribution in [3.63, 3.8) is 0 Å². The fraction of sp³-hybridized carbons (Fsp3) is 0.370. The summed E-state index contributed by atoms with van der Waals surface area (Å²) in [5.41, 5.74) is 2.99. The molecule has 6 rings (SSSR count). The van der Waals surface area contributed by atoms with Gasteiger partial charge in [-0.05, 0) is 78.7 Å². The summed E-state index contributed by atoms with van der Waals surface area (Å²) in [6.45, 7) is 2.03. The van der Waals surface area contributed by atoms with Gasteiger partial charge < -0.3 is 14.6 Å². The Morgan fingerprint density at radius 3 is 2.72 bits per heavy atom. The maximum atomic E-state index is 11.4. The Morgan fingerprint density at radius 2 is 1.94 bits per heavy atom. The van der Waals surface area contributed by atoms with Crippen molar-refractivity contribution in [2.45, 2.75) is 25.0 Å². The van der Waals surface area contributed by atoms with Gasteiger partial charge in [-0.25, -0.2) is 0 Å². The van der Waals surface area contributed by atoms with Gasteiger partial charge in [0.25, 0.3) is 0 Å². The predicted octanol–water partition coefficient (Wildman–Crippen LogP) is 4.71. The number of rotatable bonds is 6. The average Bonchev–Trinajstić information content (AvgIpc) is 2.86. The minimum absolute atomic E-state index is 0.132. The summed E-state index contributed by atoms with van der Waals surface area (Å²) >= 11 is 0. The summed E-state index contributed by atoms with van der Waals surface area (Å²) in [7, 11) is 3.36. The average molecular weight is 431 g/mol. The molecule has 3 aliphatic heterocycles. The Hall–Kier alpha value is -2.89. The highest BCUT2D eigenvalue weighted by atomic mass is 16.5. The SMILES string of the molecule is COc1cccc(/C=C/C2CN3CCC2CC3[C@H](O)c2ccnc3ccc(OC)cc23)c1. The van der Waals surface area contributed by atoms with Crippen molar-refractivity contribution in [2.24, 2.45) is 11.8 Å². The van der Waals surface area contributed by atoms with Crippen molar-refractivity contribution in [3.8, 4) is 11.5 Å². The Labute approximate surface area is 189 Å². The van der Waals surface area contributed by atoms with Gasteiger partial charge in [0, 0.05) is 24.2 Å². The number of fused-ring (bicyclic) bond motifs is 4. The zero-order valence-corrected chi connectivity index (χ0v) is 18.6. The van der Waals surface area contributed by atoms with Crippen molar-refractivity contribution in [1.82, 2.24) is 9.88 Å². The van der Waals surface area contributed by atoms with Gasteiger partial charge in [-0.1, -0.05) is 24.3 Å². The van der Waals surface area contributed by atoms with E-state index < -0.39 is 6.10 Å². The molecule has 1 aromatic heterocycles. The van der Waals surface area contributed by atoms with Crippen molar-refractivity contribution in [1.29, 1.82) is 0 Å². The second-order valence-electron chi connectivity index (χ2n) is 8.87. The third-order valence-electron chi connectivity index (χ3n) is 7.15. The maximum Gasteiger partial charge on any atom is 0.119 e. The van der Waals surface area contributed by atoms with Crippen LogP contribution in [0.2, 0.25) is 0 Å². The Bertz CT molecular complexity index is 1130. The lowest BCUT2D eigenvalue weighted by atomic mass is 9.73. The first-order chi connectivity index (χ1) is 15.7. The van der Waals surface area contributed by atoms with Gasteiger partial charge in [0.05, 0.1) is 25.8 Å². The van der Waals surface area contributed by atoms with Crippen LogP contribution in [0.4, 0.5) is 0 Å². The minimum atomic E-state index is -0.543. The number of methoxy groups -OCH3 is 2. The monoisotopic (exact) mass is 430 g/mol. The molecule has 32 heavy (non-hydrogen) atoms. The summed E-state index contributed by atoms with van der Waals surface area (Å²) in [5, 5.41) is 12.4. The molecule has 166 valence electrons. The predicted molar refractivity (Wildman–Crippen MR) is 127 cm³/mol. The molecule has 5 heteroatoms. The largest absolute Gasteiger partial charge is 0.497 e. The van der Waals surface area contributed by atoms with Gasteiger partial charge in [-0.15, -0.1) is 0 Å². The lowest BCUT2D eigenvalue weighted by Gasteiger charge is -2.50. The Kier molecular flexibility index (Phi) is 5.85. The number of nitrogens with zero attached hydrogens (tertiary/aromatic N) is 2. The minimum Gasteiger partial charge on any atom is -0.497 e. The van der Waals surface area contributed by atoms with E-state index >= 15 is 0 Å². The molecule has 3 saturated heterocycles. The van der Waals surface area contributed by atoms with Crippen molar-refractivity contribution < 1.29 is 14.6 Å². The standard InChI is InChI=1S/C27H30N2O3/c1-31-21-5-3-4-18(14-21)6-7-20-17-29-13-11-19(20)15-26(29)27(30)23-10-12-28-25-9-8-22(32-2)16-24(23)25/h3-10,12,14,16,19-20,26-27,30H,11,13,15,17H2,1-2H3/b7-6+/t19?,20?,26?,27-/m1/s1. The lowest BCUT2D eigenvalue weighted by Crippen LogP contribution is -2.54. The highest BCUT2D eigenvalue weighted by molar-refractivity contribution is 5.84. The quantitative estimate of drug-likeness (QED) is 0.614. The first-order valence-corrected chi connectivity index (χ1v) is 11.3. The van der Waals surface area contributed by atoms with E-state index in [0.29, 0.717) is 11.8 Å². The highest BCUT2D eigenvalue weighted by Gasteiger charge is 2.42. The van der Waals surface area contributed by atoms with Gasteiger partial charge in [0.2, 0.25) is 0 Å². The number of aliphatic hydroxyl groups is 1. The molecule has 3 aromatic rings. The van der Waals surface area contributed by atoms with Crippen molar-refractivity contribution in [2.75, 3.05) is 27.3 Å². The van der Waals surface area contributed by atoms with Crippen molar-refractivity contribution in [3.05, 3.63) is 71.9 Å². The molecule has 5 nitrogen and oxygen atoms in total. The molecule has 1 N–H and O–H groups in total. The van der Waals surface area contributed by atoms with Crippen LogP contribution in [0.25, 0.3) is 17.0 Å². The Morgan fingerprint density at radius 1 is 1.09 bits per heavy atom. The Balaban J connectivity index is 1.35. The molecule has 3 fully saturated rings. The van der Waals surface area contributed by atoms with Gasteiger partial charge in [0.1, 0.15) is 11.5 Å². The number of aromatic nitrogens is 1. The molecular formula is C27H30N2O3. The number of pyridine rings is 1. The van der Waals surface area contributed by atoms with Crippen LogP contribution in [-0.2, 0) is 0 Å². The van der Waals surface area contributed by atoms with Gasteiger partial charge >= 0.3 is 0 Å². The first kappa shape index (κ1) is 21.0. The van der Waals surface area contributed by atoms with Gasteiger partial charge in [-0.2, -0.15) is 0 Å². The second-order valence-corrected chi connectivity index (χ2v) is 8.87. The number of hydrogen-bond donors (Lipinski definition) is 1. The smallest absolute Gasteiger partial charge is 0.119 e. The number of aliphatic hydroxyl groups excluding tert-OH is 1. The molecule has 2 bridgehead atoms. The summed E-state index contributed by atoms with van der Waals surface area (Å²) in [4.78, 5) is 6.94. The summed E-state index contributed by atoms with van der Waals surface area (Å²) < 4.78 is 10.7. The topological polar surface area (TPSA) is 54.8 Å². The van der Waals surface area contributed by atoms with Crippen LogP contribution < -0.4 is 9.47 Å². The molecule has 2 aromatic carbocycles. The zero-order chi connectivity index (χ0) is 22.1. The molecule has 5 atom stereocenters. The first-order valence-electron chi connectivity index (χ1n) is 11.3. The molecular weight excluding hydrogens is 400 g/mol. The van der Waals surface area contributed by atoms with E-state index in [4.69, 9.17) is 9.47 Å².